The van der Waals surface area contributed by atoms with Crippen LogP contribution in [0.5, 0.6) is 0 Å². The molecule has 0 bridgehead atoms. The summed E-state index contributed by atoms with van der Waals surface area (Å²) < 4.78 is 14.2. The van der Waals surface area contributed by atoms with E-state index in [0.29, 0.717) is 6.54 Å². The second-order valence-electron chi connectivity index (χ2n) is 4.53. The highest BCUT2D eigenvalue weighted by Crippen LogP contribution is 2.21. The maximum Gasteiger partial charge on any atom is 0.123 e. The van der Waals surface area contributed by atoms with Gasteiger partial charge in [0.1, 0.15) is 5.82 Å². The van der Waals surface area contributed by atoms with Gasteiger partial charge in [-0.2, -0.15) is 0 Å². The fraction of sp³-hybridized carbons (Fsp3) is 0.250. The summed E-state index contributed by atoms with van der Waals surface area (Å²) >= 11 is 3.49. The molecule has 0 spiro atoms. The van der Waals surface area contributed by atoms with Crippen molar-refractivity contribution in [3.8, 4) is 0 Å². The highest BCUT2D eigenvalue weighted by Gasteiger charge is 2.09. The third-order valence-corrected chi connectivity index (χ3v) is 3.59. The van der Waals surface area contributed by atoms with Gasteiger partial charge in [0.2, 0.25) is 0 Å². The number of hydrogen-bond donors (Lipinski definition) is 1. The molecular weight excluding hydrogens is 305 g/mol. The SMILES string of the molecule is CCC(NCc1cccc(F)c1)c1cccc(Br)c1. The zero-order valence-electron chi connectivity index (χ0n) is 10.9. The van der Waals surface area contributed by atoms with Crippen molar-refractivity contribution < 1.29 is 4.39 Å². The maximum atomic E-state index is 13.1. The Hall–Kier alpha value is -1.19. The van der Waals surface area contributed by atoms with Crippen LogP contribution in [0.4, 0.5) is 4.39 Å². The van der Waals surface area contributed by atoms with Crippen LogP contribution in [-0.4, -0.2) is 0 Å². The number of halogens is 2. The molecule has 2 rings (SSSR count). The van der Waals surface area contributed by atoms with E-state index in [4.69, 9.17) is 0 Å². The summed E-state index contributed by atoms with van der Waals surface area (Å²) in [5.41, 5.74) is 2.21. The lowest BCUT2D eigenvalue weighted by molar-refractivity contribution is 0.517. The van der Waals surface area contributed by atoms with E-state index >= 15 is 0 Å². The molecule has 0 heterocycles. The van der Waals surface area contributed by atoms with Crippen molar-refractivity contribution >= 4 is 15.9 Å². The fourth-order valence-electron chi connectivity index (χ4n) is 2.11. The van der Waals surface area contributed by atoms with E-state index in [1.165, 1.54) is 11.6 Å². The molecular formula is C16H17BrFN. The second-order valence-corrected chi connectivity index (χ2v) is 5.44. The van der Waals surface area contributed by atoms with Gasteiger partial charge in [0.15, 0.2) is 0 Å². The molecule has 1 atom stereocenters. The molecule has 3 heteroatoms. The number of benzene rings is 2. The zero-order valence-corrected chi connectivity index (χ0v) is 12.5. The Morgan fingerprint density at radius 2 is 1.95 bits per heavy atom. The number of nitrogens with one attached hydrogen (secondary N) is 1. The molecule has 0 aliphatic heterocycles. The van der Waals surface area contributed by atoms with Gasteiger partial charge in [0.05, 0.1) is 0 Å². The van der Waals surface area contributed by atoms with E-state index in [1.54, 1.807) is 12.1 Å². The van der Waals surface area contributed by atoms with Gasteiger partial charge >= 0.3 is 0 Å². The normalized spacial score (nSPS) is 12.4. The Labute approximate surface area is 122 Å². The molecule has 0 aromatic heterocycles. The van der Waals surface area contributed by atoms with Crippen molar-refractivity contribution in [1.82, 2.24) is 5.32 Å². The van der Waals surface area contributed by atoms with Gasteiger partial charge in [0.25, 0.3) is 0 Å². The summed E-state index contributed by atoms with van der Waals surface area (Å²) in [5.74, 6) is -0.185. The van der Waals surface area contributed by atoms with Crippen molar-refractivity contribution in [3.05, 3.63) is 69.9 Å². The lowest BCUT2D eigenvalue weighted by atomic mass is 10.0. The lowest BCUT2D eigenvalue weighted by Crippen LogP contribution is -2.20. The Morgan fingerprint density at radius 1 is 1.16 bits per heavy atom. The summed E-state index contributed by atoms with van der Waals surface area (Å²) in [6.07, 6.45) is 0.992. The van der Waals surface area contributed by atoms with Gasteiger partial charge in [0, 0.05) is 17.1 Å². The van der Waals surface area contributed by atoms with Crippen LogP contribution in [0.3, 0.4) is 0 Å². The molecule has 0 aliphatic rings. The minimum atomic E-state index is -0.185. The quantitative estimate of drug-likeness (QED) is 0.831. The van der Waals surface area contributed by atoms with Crippen molar-refractivity contribution in [2.45, 2.75) is 25.9 Å². The number of hydrogen-bond acceptors (Lipinski definition) is 1. The first-order chi connectivity index (χ1) is 9.19. The van der Waals surface area contributed by atoms with E-state index in [-0.39, 0.29) is 11.9 Å². The molecule has 0 fully saturated rings. The molecule has 0 aliphatic carbocycles. The topological polar surface area (TPSA) is 12.0 Å². The van der Waals surface area contributed by atoms with E-state index in [2.05, 4.69) is 40.3 Å². The molecule has 0 amide bonds. The van der Waals surface area contributed by atoms with Crippen LogP contribution in [0.1, 0.15) is 30.5 Å². The highest BCUT2D eigenvalue weighted by atomic mass is 79.9. The second kappa shape index (κ2) is 6.83. The molecule has 2 aromatic rings. The van der Waals surface area contributed by atoms with E-state index < -0.39 is 0 Å². The first-order valence-electron chi connectivity index (χ1n) is 6.42. The van der Waals surface area contributed by atoms with E-state index in [9.17, 15) is 4.39 Å². The fourth-order valence-corrected chi connectivity index (χ4v) is 2.53. The average molecular weight is 322 g/mol. The van der Waals surface area contributed by atoms with E-state index in [1.807, 2.05) is 18.2 Å². The molecule has 1 N–H and O–H groups in total. The minimum absolute atomic E-state index is 0.185. The minimum Gasteiger partial charge on any atom is -0.306 e. The van der Waals surface area contributed by atoms with Gasteiger partial charge in [-0.15, -0.1) is 0 Å². The molecule has 100 valence electrons. The molecule has 1 nitrogen and oxygen atoms in total. The summed E-state index contributed by atoms with van der Waals surface area (Å²) in [6.45, 7) is 2.81. The lowest BCUT2D eigenvalue weighted by Gasteiger charge is -2.18. The molecule has 0 saturated heterocycles. The Bertz CT molecular complexity index is 542. The summed E-state index contributed by atoms with van der Waals surface area (Å²) in [5, 5.41) is 3.47. The van der Waals surface area contributed by atoms with Gasteiger partial charge in [-0.1, -0.05) is 47.1 Å². The molecule has 0 radical (unpaired) electrons. The highest BCUT2D eigenvalue weighted by molar-refractivity contribution is 9.10. The average Bonchev–Trinajstić information content (AvgIpc) is 2.40. The van der Waals surface area contributed by atoms with Crippen LogP contribution in [-0.2, 0) is 6.54 Å². The monoisotopic (exact) mass is 321 g/mol. The predicted octanol–water partition coefficient (Wildman–Crippen LogP) is 4.83. The maximum absolute atomic E-state index is 13.1. The zero-order chi connectivity index (χ0) is 13.7. The first kappa shape index (κ1) is 14.2. The largest absolute Gasteiger partial charge is 0.306 e. The summed E-state index contributed by atoms with van der Waals surface area (Å²) in [6, 6.07) is 15.3. The smallest absolute Gasteiger partial charge is 0.123 e. The summed E-state index contributed by atoms with van der Waals surface area (Å²) in [7, 11) is 0. The van der Waals surface area contributed by atoms with Crippen LogP contribution >= 0.6 is 15.9 Å². The van der Waals surface area contributed by atoms with Gasteiger partial charge < -0.3 is 5.32 Å². The van der Waals surface area contributed by atoms with Crippen LogP contribution in [0.15, 0.2) is 53.0 Å². The van der Waals surface area contributed by atoms with Crippen molar-refractivity contribution in [2.75, 3.05) is 0 Å². The Morgan fingerprint density at radius 3 is 2.63 bits per heavy atom. The third-order valence-electron chi connectivity index (χ3n) is 3.10. The van der Waals surface area contributed by atoms with Gasteiger partial charge in [-0.3, -0.25) is 0 Å². The summed E-state index contributed by atoms with van der Waals surface area (Å²) in [4.78, 5) is 0. The third kappa shape index (κ3) is 4.15. The van der Waals surface area contributed by atoms with Crippen molar-refractivity contribution in [3.63, 3.8) is 0 Å². The molecule has 2 aromatic carbocycles. The molecule has 19 heavy (non-hydrogen) atoms. The van der Waals surface area contributed by atoms with Crippen molar-refractivity contribution in [1.29, 1.82) is 0 Å². The van der Waals surface area contributed by atoms with Crippen LogP contribution in [0.25, 0.3) is 0 Å². The standard InChI is InChI=1S/C16H17BrFN/c1-2-16(13-6-4-7-14(17)10-13)19-11-12-5-3-8-15(18)9-12/h3-10,16,19H,2,11H2,1H3. The molecule has 1 unspecified atom stereocenters. The van der Waals surface area contributed by atoms with E-state index in [0.717, 1.165) is 16.5 Å². The van der Waals surface area contributed by atoms with Gasteiger partial charge in [-0.05, 0) is 41.8 Å². The Balaban J connectivity index is 2.04. The van der Waals surface area contributed by atoms with Crippen LogP contribution in [0, 0.1) is 5.82 Å². The molecule has 0 saturated carbocycles. The first-order valence-corrected chi connectivity index (χ1v) is 7.21. The number of rotatable bonds is 5. The van der Waals surface area contributed by atoms with Crippen LogP contribution < -0.4 is 5.32 Å². The Kier molecular flexibility index (Phi) is 5.11. The van der Waals surface area contributed by atoms with Crippen molar-refractivity contribution in [2.24, 2.45) is 0 Å². The van der Waals surface area contributed by atoms with Gasteiger partial charge in [-0.25, -0.2) is 4.39 Å². The predicted molar refractivity (Wildman–Crippen MR) is 80.4 cm³/mol. The van der Waals surface area contributed by atoms with Crippen LogP contribution in [0.2, 0.25) is 0 Å².